The van der Waals surface area contributed by atoms with Crippen LogP contribution in [0.1, 0.15) is 13.8 Å². The molecule has 0 atom stereocenters. The monoisotopic (exact) mass is 285 g/mol. The fourth-order valence-corrected chi connectivity index (χ4v) is 3.19. The summed E-state index contributed by atoms with van der Waals surface area (Å²) in [6.07, 6.45) is -0.0827. The molecule has 0 aromatic heterocycles. The van der Waals surface area contributed by atoms with Crippen molar-refractivity contribution in [3.05, 3.63) is 24.3 Å². The van der Waals surface area contributed by atoms with Crippen LogP contribution in [-0.4, -0.2) is 44.3 Å². The van der Waals surface area contributed by atoms with Crippen LogP contribution in [0, 0.1) is 0 Å². The minimum Gasteiger partial charge on any atom is -0.497 e. The lowest BCUT2D eigenvalue weighted by molar-refractivity contribution is 0.0755. The maximum absolute atomic E-state index is 11.9. The Bertz CT molecular complexity index is 535. The first kappa shape index (κ1) is 14.1. The van der Waals surface area contributed by atoms with E-state index in [1.807, 2.05) is 18.2 Å². The second-order valence-corrected chi connectivity index (χ2v) is 7.32. The van der Waals surface area contributed by atoms with E-state index in [0.717, 1.165) is 5.75 Å². The highest BCUT2D eigenvalue weighted by Gasteiger charge is 2.38. The number of benzene rings is 1. The number of ether oxygens (including phenoxy) is 2. The van der Waals surface area contributed by atoms with Gasteiger partial charge in [-0.1, -0.05) is 6.07 Å². The van der Waals surface area contributed by atoms with E-state index in [4.69, 9.17) is 9.47 Å². The van der Waals surface area contributed by atoms with E-state index in [-0.39, 0.29) is 11.4 Å². The van der Waals surface area contributed by atoms with Gasteiger partial charge in [-0.2, -0.15) is 4.31 Å². The van der Waals surface area contributed by atoms with E-state index >= 15 is 0 Å². The molecule has 1 saturated heterocycles. The predicted octanol–water partition coefficient (Wildman–Crippen LogP) is 1.50. The van der Waals surface area contributed by atoms with Gasteiger partial charge in [0.1, 0.15) is 17.6 Å². The minimum absolute atomic E-state index is 0.0827. The number of hydrogen-bond acceptors (Lipinski definition) is 4. The molecule has 1 aromatic rings. The normalized spacial score (nSPS) is 17.3. The van der Waals surface area contributed by atoms with Gasteiger partial charge >= 0.3 is 0 Å². The summed E-state index contributed by atoms with van der Waals surface area (Å²) < 4.78 is 36.0. The highest BCUT2D eigenvalue weighted by atomic mass is 32.2. The number of hydrogen-bond donors (Lipinski definition) is 0. The smallest absolute Gasteiger partial charge is 0.216 e. The lowest BCUT2D eigenvalue weighted by Crippen LogP contribution is -2.57. The molecule has 2 rings (SSSR count). The summed E-state index contributed by atoms with van der Waals surface area (Å²) in [5.74, 6) is 1.43. The van der Waals surface area contributed by atoms with E-state index in [0.29, 0.717) is 18.8 Å². The standard InChI is InChI=1S/C13H19NO4S/c1-10(2)19(15,16)14-8-13(9-14)18-12-6-4-5-11(7-12)17-3/h4-7,10,13H,8-9H2,1-3H3. The third-order valence-electron chi connectivity index (χ3n) is 3.11. The molecule has 0 saturated carbocycles. The lowest BCUT2D eigenvalue weighted by atomic mass is 10.2. The molecule has 0 spiro atoms. The van der Waals surface area contributed by atoms with Crippen molar-refractivity contribution in [3.63, 3.8) is 0 Å². The Morgan fingerprint density at radius 1 is 1.26 bits per heavy atom. The van der Waals surface area contributed by atoms with Crippen LogP contribution in [-0.2, 0) is 10.0 Å². The van der Waals surface area contributed by atoms with Crippen molar-refractivity contribution >= 4 is 10.0 Å². The van der Waals surface area contributed by atoms with Gasteiger partial charge in [-0.25, -0.2) is 8.42 Å². The Hall–Kier alpha value is -1.27. The molecule has 0 bridgehead atoms. The first-order chi connectivity index (χ1) is 8.93. The quantitative estimate of drug-likeness (QED) is 0.822. The van der Waals surface area contributed by atoms with Crippen LogP contribution < -0.4 is 9.47 Å². The second-order valence-electron chi connectivity index (χ2n) is 4.83. The zero-order valence-corrected chi connectivity index (χ0v) is 12.2. The molecule has 0 amide bonds. The van der Waals surface area contributed by atoms with Crippen LogP contribution in [0.3, 0.4) is 0 Å². The Balaban J connectivity index is 1.91. The fourth-order valence-electron chi connectivity index (χ4n) is 1.85. The van der Waals surface area contributed by atoms with Gasteiger partial charge in [0.2, 0.25) is 10.0 Å². The average molecular weight is 285 g/mol. The molecule has 6 heteroatoms. The summed E-state index contributed by atoms with van der Waals surface area (Å²) in [4.78, 5) is 0. The maximum Gasteiger partial charge on any atom is 0.216 e. The van der Waals surface area contributed by atoms with Crippen molar-refractivity contribution in [3.8, 4) is 11.5 Å². The molecular formula is C13H19NO4S. The third-order valence-corrected chi connectivity index (χ3v) is 5.32. The van der Waals surface area contributed by atoms with Gasteiger partial charge < -0.3 is 9.47 Å². The van der Waals surface area contributed by atoms with Crippen LogP contribution in [0.4, 0.5) is 0 Å². The van der Waals surface area contributed by atoms with Gasteiger partial charge in [0.05, 0.1) is 25.4 Å². The van der Waals surface area contributed by atoms with Crippen molar-refractivity contribution in [1.82, 2.24) is 4.31 Å². The van der Waals surface area contributed by atoms with Crippen molar-refractivity contribution in [1.29, 1.82) is 0 Å². The van der Waals surface area contributed by atoms with Gasteiger partial charge in [-0.15, -0.1) is 0 Å². The van der Waals surface area contributed by atoms with E-state index in [2.05, 4.69) is 0 Å². The summed E-state index contributed by atoms with van der Waals surface area (Å²) in [5, 5.41) is -0.384. The SMILES string of the molecule is COc1cccc(OC2CN(S(=O)(=O)C(C)C)C2)c1. The maximum atomic E-state index is 11.9. The molecule has 106 valence electrons. The third kappa shape index (κ3) is 3.01. The fraction of sp³-hybridized carbons (Fsp3) is 0.538. The Labute approximate surface area is 114 Å². The first-order valence-corrected chi connectivity index (χ1v) is 7.73. The Kier molecular flexibility index (Phi) is 4.01. The van der Waals surface area contributed by atoms with Crippen molar-refractivity contribution in [2.45, 2.75) is 25.2 Å². The molecular weight excluding hydrogens is 266 g/mol. The number of nitrogens with zero attached hydrogens (tertiary/aromatic N) is 1. The summed E-state index contributed by atoms with van der Waals surface area (Å²) in [6.45, 7) is 4.20. The highest BCUT2D eigenvalue weighted by Crippen LogP contribution is 2.24. The van der Waals surface area contributed by atoms with Gasteiger partial charge in [0.15, 0.2) is 0 Å². The van der Waals surface area contributed by atoms with Gasteiger partial charge in [0.25, 0.3) is 0 Å². The predicted molar refractivity (Wildman–Crippen MR) is 73.0 cm³/mol. The largest absolute Gasteiger partial charge is 0.497 e. The summed E-state index contributed by atoms with van der Waals surface area (Å²) in [6, 6.07) is 7.31. The zero-order chi connectivity index (χ0) is 14.0. The Morgan fingerprint density at radius 3 is 2.47 bits per heavy atom. The first-order valence-electron chi connectivity index (χ1n) is 6.23. The molecule has 1 fully saturated rings. The van der Waals surface area contributed by atoms with Gasteiger partial charge in [-0.3, -0.25) is 0 Å². The van der Waals surface area contributed by atoms with Crippen molar-refractivity contribution in [2.24, 2.45) is 0 Å². The van der Waals surface area contributed by atoms with E-state index in [1.54, 1.807) is 27.0 Å². The molecule has 19 heavy (non-hydrogen) atoms. The van der Waals surface area contributed by atoms with Crippen molar-refractivity contribution < 1.29 is 17.9 Å². The zero-order valence-electron chi connectivity index (χ0n) is 11.4. The number of sulfonamides is 1. The molecule has 5 nitrogen and oxygen atoms in total. The van der Waals surface area contributed by atoms with Crippen LogP contribution in [0.25, 0.3) is 0 Å². The average Bonchev–Trinajstić information content (AvgIpc) is 2.33. The molecule has 1 aliphatic rings. The molecule has 1 heterocycles. The highest BCUT2D eigenvalue weighted by molar-refractivity contribution is 7.89. The summed E-state index contributed by atoms with van der Waals surface area (Å²) in [5.41, 5.74) is 0. The van der Waals surface area contributed by atoms with Crippen LogP contribution in [0.5, 0.6) is 11.5 Å². The van der Waals surface area contributed by atoms with E-state index in [9.17, 15) is 8.42 Å². The molecule has 1 aliphatic heterocycles. The molecule has 0 aliphatic carbocycles. The molecule has 0 radical (unpaired) electrons. The van der Waals surface area contributed by atoms with Crippen LogP contribution in [0.2, 0.25) is 0 Å². The van der Waals surface area contributed by atoms with Gasteiger partial charge in [0, 0.05) is 6.07 Å². The second kappa shape index (κ2) is 5.38. The lowest BCUT2D eigenvalue weighted by Gasteiger charge is -2.38. The summed E-state index contributed by atoms with van der Waals surface area (Å²) >= 11 is 0. The van der Waals surface area contributed by atoms with Crippen LogP contribution >= 0.6 is 0 Å². The van der Waals surface area contributed by atoms with Gasteiger partial charge in [-0.05, 0) is 26.0 Å². The molecule has 1 aromatic carbocycles. The number of rotatable bonds is 5. The van der Waals surface area contributed by atoms with Crippen LogP contribution in [0.15, 0.2) is 24.3 Å². The Morgan fingerprint density at radius 2 is 1.89 bits per heavy atom. The minimum atomic E-state index is -3.15. The molecule has 0 N–H and O–H groups in total. The number of methoxy groups -OCH3 is 1. The molecule has 0 unspecified atom stereocenters. The summed E-state index contributed by atoms with van der Waals surface area (Å²) in [7, 11) is -1.55. The van der Waals surface area contributed by atoms with Crippen molar-refractivity contribution in [2.75, 3.05) is 20.2 Å². The van der Waals surface area contributed by atoms with E-state index in [1.165, 1.54) is 4.31 Å². The topological polar surface area (TPSA) is 55.8 Å². The van der Waals surface area contributed by atoms with E-state index < -0.39 is 10.0 Å².